The van der Waals surface area contributed by atoms with Crippen LogP contribution < -0.4 is 10.2 Å². The molecule has 0 aromatic carbocycles. The number of hydrogen-bond donors (Lipinski definition) is 1. The summed E-state index contributed by atoms with van der Waals surface area (Å²) in [5.41, 5.74) is 1.28. The van der Waals surface area contributed by atoms with Crippen molar-refractivity contribution in [3.8, 4) is 0 Å². The molecule has 0 radical (unpaired) electrons. The van der Waals surface area contributed by atoms with E-state index in [1.54, 1.807) is 6.33 Å². The number of rotatable bonds is 4. The fourth-order valence-electron chi connectivity index (χ4n) is 2.85. The smallest absolute Gasteiger partial charge is 0.137 e. The summed E-state index contributed by atoms with van der Waals surface area (Å²) in [5.74, 6) is 2.98. The van der Waals surface area contributed by atoms with Crippen LogP contribution in [0.3, 0.4) is 0 Å². The van der Waals surface area contributed by atoms with Gasteiger partial charge in [-0.25, -0.2) is 9.97 Å². The Bertz CT molecular complexity index is 405. The lowest BCUT2D eigenvalue weighted by atomic mass is 10.0. The summed E-state index contributed by atoms with van der Waals surface area (Å²) < 4.78 is 0. The van der Waals surface area contributed by atoms with E-state index in [0.717, 1.165) is 43.5 Å². The lowest BCUT2D eigenvalue weighted by Crippen LogP contribution is -2.27. The molecule has 106 valence electrons. The second-order valence-electron chi connectivity index (χ2n) is 5.55. The lowest BCUT2D eigenvalue weighted by molar-refractivity contribution is 0.521. The highest BCUT2D eigenvalue weighted by Gasteiger charge is 2.19. The molecule has 1 aliphatic rings. The summed E-state index contributed by atoms with van der Waals surface area (Å²) in [7, 11) is 1.94. The monoisotopic (exact) mass is 262 g/mol. The number of aromatic nitrogens is 2. The van der Waals surface area contributed by atoms with Crippen LogP contribution in [-0.4, -0.2) is 30.1 Å². The van der Waals surface area contributed by atoms with Gasteiger partial charge in [-0.05, 0) is 31.6 Å². The molecule has 1 aromatic rings. The fourth-order valence-corrected chi connectivity index (χ4v) is 2.85. The predicted octanol–water partition coefficient (Wildman–Crippen LogP) is 3.10. The Balaban J connectivity index is 2.26. The molecule has 0 amide bonds. The molecule has 0 spiro atoms. The molecule has 4 nitrogen and oxygen atoms in total. The summed E-state index contributed by atoms with van der Waals surface area (Å²) in [5, 5.41) is 3.21. The molecule has 1 saturated heterocycles. The van der Waals surface area contributed by atoms with Crippen molar-refractivity contribution in [3.63, 3.8) is 0 Å². The second kappa shape index (κ2) is 6.73. The van der Waals surface area contributed by atoms with E-state index in [-0.39, 0.29) is 0 Å². The Kier molecular flexibility index (Phi) is 5.00. The van der Waals surface area contributed by atoms with Gasteiger partial charge < -0.3 is 10.2 Å². The maximum absolute atomic E-state index is 4.57. The number of nitrogens with one attached hydrogen (secondary N) is 1. The first-order chi connectivity index (χ1) is 9.26. The van der Waals surface area contributed by atoms with Gasteiger partial charge in [0, 0.05) is 25.7 Å². The third-order valence-electron chi connectivity index (χ3n) is 3.98. The van der Waals surface area contributed by atoms with E-state index in [1.807, 2.05) is 7.05 Å². The van der Waals surface area contributed by atoms with Gasteiger partial charge >= 0.3 is 0 Å². The van der Waals surface area contributed by atoms with Crippen molar-refractivity contribution in [1.82, 2.24) is 9.97 Å². The van der Waals surface area contributed by atoms with Crippen molar-refractivity contribution in [1.29, 1.82) is 0 Å². The van der Waals surface area contributed by atoms with Gasteiger partial charge in [0.2, 0.25) is 0 Å². The van der Waals surface area contributed by atoms with Crippen molar-refractivity contribution in [2.24, 2.45) is 5.92 Å². The number of anilines is 2. The second-order valence-corrected chi connectivity index (χ2v) is 5.55. The summed E-state index contributed by atoms with van der Waals surface area (Å²) in [6.45, 7) is 6.81. The molecular weight excluding hydrogens is 236 g/mol. The van der Waals surface area contributed by atoms with Crippen molar-refractivity contribution >= 4 is 11.6 Å². The van der Waals surface area contributed by atoms with Gasteiger partial charge in [-0.1, -0.05) is 20.3 Å². The molecule has 1 unspecified atom stereocenters. The first-order valence-corrected chi connectivity index (χ1v) is 7.52. The van der Waals surface area contributed by atoms with Crippen molar-refractivity contribution in [2.45, 2.75) is 46.0 Å². The van der Waals surface area contributed by atoms with Crippen molar-refractivity contribution in [3.05, 3.63) is 11.9 Å². The highest BCUT2D eigenvalue weighted by molar-refractivity contribution is 5.58. The Morgan fingerprint density at radius 2 is 2.16 bits per heavy atom. The van der Waals surface area contributed by atoms with Gasteiger partial charge in [-0.15, -0.1) is 0 Å². The zero-order chi connectivity index (χ0) is 13.7. The van der Waals surface area contributed by atoms with E-state index >= 15 is 0 Å². The van der Waals surface area contributed by atoms with Gasteiger partial charge in [-0.2, -0.15) is 0 Å². The van der Waals surface area contributed by atoms with Gasteiger partial charge in [0.25, 0.3) is 0 Å². The average molecular weight is 262 g/mol. The Morgan fingerprint density at radius 3 is 2.89 bits per heavy atom. The summed E-state index contributed by atoms with van der Waals surface area (Å²) >= 11 is 0. The third-order valence-corrected chi connectivity index (χ3v) is 3.98. The molecule has 1 atom stereocenters. The Labute approximate surface area is 116 Å². The Hall–Kier alpha value is -1.32. The van der Waals surface area contributed by atoms with Crippen LogP contribution in [0.15, 0.2) is 6.33 Å². The van der Waals surface area contributed by atoms with Gasteiger partial charge in [0.1, 0.15) is 18.0 Å². The van der Waals surface area contributed by atoms with E-state index in [9.17, 15) is 0 Å². The molecule has 2 rings (SSSR count). The van der Waals surface area contributed by atoms with E-state index in [4.69, 9.17) is 0 Å². The summed E-state index contributed by atoms with van der Waals surface area (Å²) in [6, 6.07) is 0. The molecular formula is C15H26N4. The molecule has 1 aromatic heterocycles. The van der Waals surface area contributed by atoms with Crippen molar-refractivity contribution < 1.29 is 0 Å². The SMILES string of the molecule is CCCc1c(NC)ncnc1N1CCCC(C)CC1. The van der Waals surface area contributed by atoms with Crippen LogP contribution in [0, 0.1) is 5.92 Å². The maximum atomic E-state index is 4.57. The molecule has 1 fully saturated rings. The van der Waals surface area contributed by atoms with Crippen LogP contribution in [0.5, 0.6) is 0 Å². The van der Waals surface area contributed by atoms with Crippen molar-refractivity contribution in [2.75, 3.05) is 30.4 Å². The minimum atomic E-state index is 0.838. The Morgan fingerprint density at radius 1 is 1.32 bits per heavy atom. The standard InChI is InChI=1S/C15H26N4/c1-4-6-13-14(16-3)17-11-18-15(13)19-9-5-7-12(2)8-10-19/h11-12H,4-10H2,1-3H3,(H,16,17,18). The fraction of sp³-hybridized carbons (Fsp3) is 0.733. The molecule has 4 heteroatoms. The van der Waals surface area contributed by atoms with Crippen LogP contribution in [0.25, 0.3) is 0 Å². The number of nitrogens with zero attached hydrogens (tertiary/aromatic N) is 3. The van der Waals surface area contributed by atoms with E-state index in [0.29, 0.717) is 0 Å². The molecule has 19 heavy (non-hydrogen) atoms. The van der Waals surface area contributed by atoms with E-state index < -0.39 is 0 Å². The lowest BCUT2D eigenvalue weighted by Gasteiger charge is -2.25. The summed E-state index contributed by atoms with van der Waals surface area (Å²) in [6.07, 6.45) is 7.73. The first kappa shape index (κ1) is 14.1. The molecule has 1 N–H and O–H groups in total. The van der Waals surface area contributed by atoms with Crippen LogP contribution >= 0.6 is 0 Å². The average Bonchev–Trinajstić information content (AvgIpc) is 2.64. The third kappa shape index (κ3) is 3.37. The van der Waals surface area contributed by atoms with Crippen LogP contribution in [0.2, 0.25) is 0 Å². The molecule has 0 aliphatic carbocycles. The minimum absolute atomic E-state index is 0.838. The van der Waals surface area contributed by atoms with Crippen LogP contribution in [0.1, 0.15) is 45.1 Å². The molecule has 0 bridgehead atoms. The molecule has 2 heterocycles. The highest BCUT2D eigenvalue weighted by Crippen LogP contribution is 2.27. The normalized spacial score (nSPS) is 20.2. The highest BCUT2D eigenvalue weighted by atomic mass is 15.2. The van der Waals surface area contributed by atoms with Crippen LogP contribution in [0.4, 0.5) is 11.6 Å². The molecule has 1 aliphatic heterocycles. The first-order valence-electron chi connectivity index (χ1n) is 7.52. The largest absolute Gasteiger partial charge is 0.373 e. The van der Waals surface area contributed by atoms with Crippen LogP contribution in [-0.2, 0) is 6.42 Å². The van der Waals surface area contributed by atoms with Gasteiger partial charge in [-0.3, -0.25) is 0 Å². The maximum Gasteiger partial charge on any atom is 0.137 e. The summed E-state index contributed by atoms with van der Waals surface area (Å²) in [4.78, 5) is 11.4. The minimum Gasteiger partial charge on any atom is -0.373 e. The predicted molar refractivity (Wildman–Crippen MR) is 80.8 cm³/mol. The zero-order valence-corrected chi connectivity index (χ0v) is 12.4. The zero-order valence-electron chi connectivity index (χ0n) is 12.4. The molecule has 0 saturated carbocycles. The number of hydrogen-bond acceptors (Lipinski definition) is 4. The van der Waals surface area contributed by atoms with E-state index in [2.05, 4.69) is 34.0 Å². The van der Waals surface area contributed by atoms with E-state index in [1.165, 1.54) is 24.8 Å². The topological polar surface area (TPSA) is 41.1 Å². The van der Waals surface area contributed by atoms with Gasteiger partial charge in [0.15, 0.2) is 0 Å². The van der Waals surface area contributed by atoms with Gasteiger partial charge in [0.05, 0.1) is 0 Å². The quantitative estimate of drug-likeness (QED) is 0.905.